The van der Waals surface area contributed by atoms with Crippen molar-refractivity contribution in [1.82, 2.24) is 4.72 Å². The molecule has 4 N–H and O–H groups in total. The molecule has 6 nitrogen and oxygen atoms in total. The van der Waals surface area contributed by atoms with E-state index >= 15 is 0 Å². The van der Waals surface area contributed by atoms with Gasteiger partial charge in [-0.2, -0.15) is 0 Å². The molecule has 0 aliphatic heterocycles. The highest BCUT2D eigenvalue weighted by Gasteiger charge is 2.24. The summed E-state index contributed by atoms with van der Waals surface area (Å²) in [6, 6.07) is -0.343. The molecule has 1 aliphatic rings. The third kappa shape index (κ3) is 5.79. The van der Waals surface area contributed by atoms with Gasteiger partial charge in [-0.15, -0.1) is 0 Å². The predicted octanol–water partition coefficient (Wildman–Crippen LogP) is 0.431. The molecule has 0 saturated heterocycles. The lowest BCUT2D eigenvalue weighted by Crippen LogP contribution is -2.47. The van der Waals surface area contributed by atoms with Gasteiger partial charge in [0.15, 0.2) is 0 Å². The van der Waals surface area contributed by atoms with E-state index in [0.717, 1.165) is 32.1 Å². The van der Waals surface area contributed by atoms with Crippen LogP contribution in [-0.2, 0) is 14.8 Å². The lowest BCUT2D eigenvalue weighted by atomic mass is 10.1. The minimum absolute atomic E-state index is 0.127. The van der Waals surface area contributed by atoms with E-state index in [2.05, 4.69) is 4.72 Å². The van der Waals surface area contributed by atoms with Gasteiger partial charge in [-0.3, -0.25) is 4.79 Å². The Morgan fingerprint density at radius 2 is 1.94 bits per heavy atom. The highest BCUT2D eigenvalue weighted by molar-refractivity contribution is 7.89. The number of hydrogen-bond donors (Lipinski definition) is 3. The number of sulfonamides is 1. The molecule has 0 heterocycles. The van der Waals surface area contributed by atoms with Gasteiger partial charge in [-0.1, -0.05) is 19.3 Å². The molecule has 2 unspecified atom stereocenters. The summed E-state index contributed by atoms with van der Waals surface area (Å²) < 4.78 is 26.2. The number of rotatable bonds is 6. The first-order valence-corrected chi connectivity index (χ1v) is 8.03. The van der Waals surface area contributed by atoms with Crippen molar-refractivity contribution in [3.05, 3.63) is 0 Å². The standard InChI is InChI=1S/C11H22N2O4S/c12-9-5-2-1-3-6-10(9)13-18(16,17)8-4-7-11(14)15/h9-10,13H,1-8,12H2,(H,14,15). The smallest absolute Gasteiger partial charge is 0.303 e. The zero-order chi connectivity index (χ0) is 13.6. The van der Waals surface area contributed by atoms with Crippen LogP contribution in [-0.4, -0.2) is 37.3 Å². The molecule has 1 rings (SSSR count). The summed E-state index contributed by atoms with van der Waals surface area (Å²) in [5.74, 6) is -1.13. The van der Waals surface area contributed by atoms with Gasteiger partial charge >= 0.3 is 5.97 Å². The Kier molecular flexibility index (Phi) is 6.04. The van der Waals surface area contributed by atoms with Crippen LogP contribution in [0.15, 0.2) is 0 Å². The Bertz CT molecular complexity index is 369. The average molecular weight is 278 g/mol. The van der Waals surface area contributed by atoms with Gasteiger partial charge in [-0.05, 0) is 19.3 Å². The molecule has 106 valence electrons. The normalized spacial score (nSPS) is 25.6. The average Bonchev–Trinajstić information content (AvgIpc) is 2.43. The van der Waals surface area contributed by atoms with Gasteiger partial charge in [0.1, 0.15) is 0 Å². The summed E-state index contributed by atoms with van der Waals surface area (Å²) in [6.45, 7) is 0. The second kappa shape index (κ2) is 7.06. The second-order valence-corrected chi connectivity index (χ2v) is 6.72. The predicted molar refractivity (Wildman–Crippen MR) is 68.6 cm³/mol. The maximum atomic E-state index is 11.8. The van der Waals surface area contributed by atoms with E-state index < -0.39 is 16.0 Å². The van der Waals surface area contributed by atoms with Crippen LogP contribution in [0.4, 0.5) is 0 Å². The quantitative estimate of drug-likeness (QED) is 0.610. The van der Waals surface area contributed by atoms with Crippen LogP contribution >= 0.6 is 0 Å². The molecule has 0 radical (unpaired) electrons. The van der Waals surface area contributed by atoms with Gasteiger partial charge in [0, 0.05) is 18.5 Å². The van der Waals surface area contributed by atoms with Crippen molar-refractivity contribution in [2.75, 3.05) is 5.75 Å². The summed E-state index contributed by atoms with van der Waals surface area (Å²) in [5, 5.41) is 8.48. The number of carboxylic acids is 1. The van der Waals surface area contributed by atoms with E-state index in [0.29, 0.717) is 0 Å². The summed E-state index contributed by atoms with van der Waals surface area (Å²) >= 11 is 0. The van der Waals surface area contributed by atoms with Crippen LogP contribution < -0.4 is 10.5 Å². The largest absolute Gasteiger partial charge is 0.481 e. The van der Waals surface area contributed by atoms with E-state index in [4.69, 9.17) is 10.8 Å². The first kappa shape index (κ1) is 15.4. The van der Waals surface area contributed by atoms with E-state index in [1.54, 1.807) is 0 Å². The summed E-state index contributed by atoms with van der Waals surface area (Å²) in [7, 11) is -3.42. The van der Waals surface area contributed by atoms with Crippen molar-refractivity contribution in [3.63, 3.8) is 0 Å². The van der Waals surface area contributed by atoms with Crippen LogP contribution in [0, 0.1) is 0 Å². The van der Waals surface area contributed by atoms with E-state index in [9.17, 15) is 13.2 Å². The molecule has 0 spiro atoms. The molecule has 0 bridgehead atoms. The fourth-order valence-electron chi connectivity index (χ4n) is 2.19. The van der Waals surface area contributed by atoms with Crippen molar-refractivity contribution in [2.45, 2.75) is 57.0 Å². The van der Waals surface area contributed by atoms with Gasteiger partial charge in [0.05, 0.1) is 5.75 Å². The molecule has 1 saturated carbocycles. The number of carboxylic acid groups (broad SMARTS) is 1. The van der Waals surface area contributed by atoms with E-state index in [1.807, 2.05) is 0 Å². The van der Waals surface area contributed by atoms with Gasteiger partial charge in [-0.25, -0.2) is 13.1 Å². The molecule has 0 aromatic heterocycles. The van der Waals surface area contributed by atoms with Crippen molar-refractivity contribution < 1.29 is 18.3 Å². The van der Waals surface area contributed by atoms with Gasteiger partial charge < -0.3 is 10.8 Å². The third-order valence-electron chi connectivity index (χ3n) is 3.20. The molecule has 0 aromatic carbocycles. The first-order chi connectivity index (χ1) is 8.41. The van der Waals surface area contributed by atoms with Crippen molar-refractivity contribution in [3.8, 4) is 0 Å². The Hall–Kier alpha value is -0.660. The lowest BCUT2D eigenvalue weighted by molar-refractivity contribution is -0.137. The van der Waals surface area contributed by atoms with E-state index in [1.165, 1.54) is 0 Å². The van der Waals surface area contributed by atoms with Crippen LogP contribution in [0.3, 0.4) is 0 Å². The number of hydrogen-bond acceptors (Lipinski definition) is 4. The first-order valence-electron chi connectivity index (χ1n) is 6.38. The van der Waals surface area contributed by atoms with Crippen LogP contribution in [0.2, 0.25) is 0 Å². The van der Waals surface area contributed by atoms with Crippen molar-refractivity contribution in [2.24, 2.45) is 5.73 Å². The third-order valence-corrected chi connectivity index (χ3v) is 4.69. The van der Waals surface area contributed by atoms with Crippen LogP contribution in [0.5, 0.6) is 0 Å². The fraction of sp³-hybridized carbons (Fsp3) is 0.909. The van der Waals surface area contributed by atoms with Gasteiger partial charge in [0.25, 0.3) is 0 Å². The molecule has 1 fully saturated rings. The number of nitrogens with two attached hydrogens (primary N) is 1. The molecule has 0 amide bonds. The maximum Gasteiger partial charge on any atom is 0.303 e. The summed E-state index contributed by atoms with van der Waals surface area (Å²) in [4.78, 5) is 10.3. The summed E-state index contributed by atoms with van der Waals surface area (Å²) in [5.41, 5.74) is 5.94. The Morgan fingerprint density at radius 1 is 1.28 bits per heavy atom. The molecule has 2 atom stereocenters. The highest BCUT2D eigenvalue weighted by Crippen LogP contribution is 2.17. The SMILES string of the molecule is NC1CCCCCC1NS(=O)(=O)CCCC(=O)O. The second-order valence-electron chi connectivity index (χ2n) is 4.84. The Morgan fingerprint density at radius 3 is 2.61 bits per heavy atom. The Labute approximate surface area is 108 Å². The lowest BCUT2D eigenvalue weighted by Gasteiger charge is -2.22. The molecular formula is C11H22N2O4S. The molecular weight excluding hydrogens is 256 g/mol. The molecule has 0 aromatic rings. The highest BCUT2D eigenvalue weighted by atomic mass is 32.2. The van der Waals surface area contributed by atoms with Crippen molar-refractivity contribution >= 4 is 16.0 Å². The minimum Gasteiger partial charge on any atom is -0.481 e. The van der Waals surface area contributed by atoms with Crippen LogP contribution in [0.1, 0.15) is 44.9 Å². The Balaban J connectivity index is 2.45. The fourth-order valence-corrected chi connectivity index (χ4v) is 3.58. The number of carbonyl (C=O) groups is 1. The minimum atomic E-state index is -3.42. The van der Waals surface area contributed by atoms with Crippen LogP contribution in [0.25, 0.3) is 0 Å². The van der Waals surface area contributed by atoms with Gasteiger partial charge in [0.2, 0.25) is 10.0 Å². The molecule has 18 heavy (non-hydrogen) atoms. The zero-order valence-corrected chi connectivity index (χ0v) is 11.3. The number of nitrogens with one attached hydrogen (secondary N) is 1. The zero-order valence-electron chi connectivity index (χ0n) is 10.5. The number of aliphatic carboxylic acids is 1. The topological polar surface area (TPSA) is 109 Å². The molecule has 1 aliphatic carbocycles. The summed E-state index contributed by atoms with van der Waals surface area (Å²) in [6.07, 6.45) is 4.71. The van der Waals surface area contributed by atoms with Crippen molar-refractivity contribution in [1.29, 1.82) is 0 Å². The monoisotopic (exact) mass is 278 g/mol. The molecule has 7 heteroatoms. The maximum absolute atomic E-state index is 11.8. The van der Waals surface area contributed by atoms with E-state index in [-0.39, 0.29) is 30.7 Å².